The van der Waals surface area contributed by atoms with E-state index in [4.69, 9.17) is 33.4 Å². The Morgan fingerprint density at radius 3 is 2.62 bits per heavy atom. The standard InChI is InChI=1S/C22H20Cl2FN3O4/c1-11-10-27-21(32-11)20(29)28-15(9-19(26)22(30)31)6-13-3-2-12(7-17(13)24)16-8-14(23)4-5-18(16)25/h2-5,7-8,10,15,19H,6,9,26H2,1H3,(H,28,29)(H,30,31)/t15-,19-/m1/s1. The van der Waals surface area contributed by atoms with Crippen molar-refractivity contribution < 1.29 is 23.5 Å². The molecule has 0 saturated carbocycles. The zero-order valence-corrected chi connectivity index (χ0v) is 18.5. The Bertz CT molecular complexity index is 1150. The second kappa shape index (κ2) is 10.1. The first-order chi connectivity index (χ1) is 15.1. The number of carboxylic acid groups (broad SMARTS) is 1. The largest absolute Gasteiger partial charge is 0.480 e. The molecule has 2 aromatic carbocycles. The molecule has 0 radical (unpaired) electrons. The van der Waals surface area contributed by atoms with Crippen molar-refractivity contribution in [1.82, 2.24) is 10.3 Å². The van der Waals surface area contributed by atoms with Crippen LogP contribution in [-0.4, -0.2) is 34.1 Å². The van der Waals surface area contributed by atoms with Crippen molar-refractivity contribution in [2.75, 3.05) is 0 Å². The average Bonchev–Trinajstić information content (AvgIpc) is 3.17. The van der Waals surface area contributed by atoms with E-state index in [9.17, 15) is 19.1 Å². The highest BCUT2D eigenvalue weighted by molar-refractivity contribution is 6.32. The smallest absolute Gasteiger partial charge is 0.320 e. The molecular formula is C22H20Cl2FN3O4. The van der Waals surface area contributed by atoms with Gasteiger partial charge in [0.25, 0.3) is 5.89 Å². The van der Waals surface area contributed by atoms with E-state index in [1.807, 2.05) is 0 Å². The van der Waals surface area contributed by atoms with Crippen molar-refractivity contribution in [2.24, 2.45) is 5.73 Å². The summed E-state index contributed by atoms with van der Waals surface area (Å²) in [4.78, 5) is 27.6. The van der Waals surface area contributed by atoms with Gasteiger partial charge in [-0.3, -0.25) is 9.59 Å². The number of nitrogens with two attached hydrogens (primary N) is 1. The number of amides is 1. The summed E-state index contributed by atoms with van der Waals surface area (Å²) in [5.41, 5.74) is 7.12. The zero-order chi connectivity index (χ0) is 23.4. The Hall–Kier alpha value is -2.94. The quantitative estimate of drug-likeness (QED) is 0.444. The van der Waals surface area contributed by atoms with Crippen LogP contribution in [0, 0.1) is 12.7 Å². The summed E-state index contributed by atoms with van der Waals surface area (Å²) in [6, 6.07) is 7.27. The van der Waals surface area contributed by atoms with Crippen LogP contribution >= 0.6 is 23.2 Å². The van der Waals surface area contributed by atoms with Crippen LogP contribution in [0.25, 0.3) is 11.1 Å². The molecular weight excluding hydrogens is 460 g/mol. The number of aliphatic carboxylic acids is 1. The second-order valence-electron chi connectivity index (χ2n) is 7.26. The lowest BCUT2D eigenvalue weighted by molar-refractivity contribution is -0.138. The van der Waals surface area contributed by atoms with Gasteiger partial charge in [0, 0.05) is 21.7 Å². The Morgan fingerprint density at radius 2 is 2.00 bits per heavy atom. The highest BCUT2D eigenvalue weighted by Gasteiger charge is 2.24. The number of nitrogens with one attached hydrogen (secondary N) is 1. The van der Waals surface area contributed by atoms with Gasteiger partial charge in [-0.05, 0) is 55.2 Å². The lowest BCUT2D eigenvalue weighted by atomic mass is 9.97. The lowest BCUT2D eigenvalue weighted by Crippen LogP contribution is -2.43. The van der Waals surface area contributed by atoms with Gasteiger partial charge in [-0.1, -0.05) is 35.3 Å². The fourth-order valence-electron chi connectivity index (χ4n) is 3.17. The van der Waals surface area contributed by atoms with E-state index in [2.05, 4.69) is 10.3 Å². The van der Waals surface area contributed by atoms with Crippen LogP contribution in [0.5, 0.6) is 0 Å². The molecule has 0 saturated heterocycles. The molecule has 1 aromatic heterocycles. The third kappa shape index (κ3) is 5.85. The summed E-state index contributed by atoms with van der Waals surface area (Å²) in [5, 5.41) is 12.6. The summed E-state index contributed by atoms with van der Waals surface area (Å²) < 4.78 is 19.4. The van der Waals surface area contributed by atoms with Crippen molar-refractivity contribution in [3.63, 3.8) is 0 Å². The van der Waals surface area contributed by atoms with Gasteiger partial charge in [0.2, 0.25) is 0 Å². The first kappa shape index (κ1) is 23.7. The molecule has 3 rings (SSSR count). The summed E-state index contributed by atoms with van der Waals surface area (Å²) in [7, 11) is 0. The van der Waals surface area contributed by atoms with Crippen LogP contribution in [0.3, 0.4) is 0 Å². The van der Waals surface area contributed by atoms with Gasteiger partial charge in [0.1, 0.15) is 17.6 Å². The predicted molar refractivity (Wildman–Crippen MR) is 118 cm³/mol. The van der Waals surface area contributed by atoms with Gasteiger partial charge in [0.05, 0.1) is 6.20 Å². The number of hydrogen-bond acceptors (Lipinski definition) is 5. The molecule has 2 atom stereocenters. The maximum atomic E-state index is 14.2. The predicted octanol–water partition coefficient (Wildman–Crippen LogP) is 4.24. The number of carbonyl (C=O) groups is 2. The number of nitrogens with zero attached hydrogens (tertiary/aromatic N) is 1. The van der Waals surface area contributed by atoms with E-state index >= 15 is 0 Å². The molecule has 0 fully saturated rings. The molecule has 0 bridgehead atoms. The maximum Gasteiger partial charge on any atom is 0.320 e. The number of carbonyl (C=O) groups excluding carboxylic acids is 1. The molecule has 0 unspecified atom stereocenters. The van der Waals surface area contributed by atoms with E-state index in [1.165, 1.54) is 24.4 Å². The Morgan fingerprint density at radius 1 is 1.25 bits per heavy atom. The third-order valence-electron chi connectivity index (χ3n) is 4.77. The van der Waals surface area contributed by atoms with Crippen LogP contribution < -0.4 is 11.1 Å². The van der Waals surface area contributed by atoms with Crippen LogP contribution in [0.1, 0.15) is 28.4 Å². The number of hydrogen-bond donors (Lipinski definition) is 3. The summed E-state index contributed by atoms with van der Waals surface area (Å²) in [5.74, 6) is -1.93. The summed E-state index contributed by atoms with van der Waals surface area (Å²) in [6.07, 6.45) is 1.53. The van der Waals surface area contributed by atoms with Crippen molar-refractivity contribution in [3.8, 4) is 11.1 Å². The molecule has 4 N–H and O–H groups in total. The molecule has 0 aliphatic rings. The van der Waals surface area contributed by atoms with Crippen LogP contribution in [0.15, 0.2) is 47.0 Å². The minimum absolute atomic E-state index is 0.0538. The van der Waals surface area contributed by atoms with Crippen LogP contribution in [-0.2, 0) is 11.2 Å². The fraction of sp³-hybridized carbons (Fsp3) is 0.227. The van der Waals surface area contributed by atoms with Gasteiger partial charge in [0.15, 0.2) is 0 Å². The summed E-state index contributed by atoms with van der Waals surface area (Å²) in [6.45, 7) is 1.64. The molecule has 32 heavy (non-hydrogen) atoms. The Kier molecular flexibility index (Phi) is 7.50. The lowest BCUT2D eigenvalue weighted by Gasteiger charge is -2.21. The average molecular weight is 480 g/mol. The minimum atomic E-state index is -1.20. The highest BCUT2D eigenvalue weighted by Crippen LogP contribution is 2.30. The normalized spacial score (nSPS) is 12.9. The number of rotatable bonds is 8. The Balaban J connectivity index is 1.83. The molecule has 10 heteroatoms. The van der Waals surface area contributed by atoms with E-state index in [0.717, 1.165) is 0 Å². The maximum absolute atomic E-state index is 14.2. The van der Waals surface area contributed by atoms with E-state index in [1.54, 1.807) is 25.1 Å². The number of benzene rings is 2. The van der Waals surface area contributed by atoms with E-state index in [-0.39, 0.29) is 18.7 Å². The number of oxazole rings is 1. The number of carboxylic acids is 1. The summed E-state index contributed by atoms with van der Waals surface area (Å²) >= 11 is 12.4. The first-order valence-electron chi connectivity index (χ1n) is 9.59. The van der Waals surface area contributed by atoms with Gasteiger partial charge in [-0.25, -0.2) is 9.37 Å². The van der Waals surface area contributed by atoms with Crippen LogP contribution in [0.4, 0.5) is 4.39 Å². The molecule has 0 aliphatic heterocycles. The fourth-order valence-corrected chi connectivity index (χ4v) is 3.60. The van der Waals surface area contributed by atoms with Gasteiger partial charge < -0.3 is 20.6 Å². The molecule has 1 heterocycles. The highest BCUT2D eigenvalue weighted by atomic mass is 35.5. The minimum Gasteiger partial charge on any atom is -0.480 e. The SMILES string of the molecule is Cc1cnc(C(=O)N[C@H](Cc2ccc(-c3cc(Cl)ccc3F)cc2Cl)C[C@@H](N)C(=O)O)o1. The number of aryl methyl sites for hydroxylation is 1. The van der Waals surface area contributed by atoms with Crippen molar-refractivity contribution in [2.45, 2.75) is 31.8 Å². The van der Waals surface area contributed by atoms with Crippen molar-refractivity contribution in [1.29, 1.82) is 0 Å². The van der Waals surface area contributed by atoms with Gasteiger partial charge in [-0.15, -0.1) is 0 Å². The zero-order valence-electron chi connectivity index (χ0n) is 16.9. The molecule has 7 nitrogen and oxygen atoms in total. The topological polar surface area (TPSA) is 118 Å². The molecule has 0 spiro atoms. The van der Waals surface area contributed by atoms with E-state index in [0.29, 0.717) is 32.5 Å². The first-order valence-corrected chi connectivity index (χ1v) is 10.3. The van der Waals surface area contributed by atoms with Gasteiger partial charge >= 0.3 is 11.9 Å². The van der Waals surface area contributed by atoms with Crippen molar-refractivity contribution in [3.05, 3.63) is 75.7 Å². The van der Waals surface area contributed by atoms with Crippen molar-refractivity contribution >= 4 is 35.1 Å². The molecule has 0 aliphatic carbocycles. The number of aromatic nitrogens is 1. The second-order valence-corrected chi connectivity index (χ2v) is 8.10. The Labute approximate surface area is 193 Å². The number of halogens is 3. The molecule has 3 aromatic rings. The van der Waals surface area contributed by atoms with Gasteiger partial charge in [-0.2, -0.15) is 0 Å². The molecule has 168 valence electrons. The monoisotopic (exact) mass is 479 g/mol. The third-order valence-corrected chi connectivity index (χ3v) is 5.35. The van der Waals surface area contributed by atoms with Crippen LogP contribution in [0.2, 0.25) is 10.0 Å². The van der Waals surface area contributed by atoms with E-state index < -0.39 is 29.8 Å². The molecule has 1 amide bonds.